The molecule has 7 N–H and O–H groups in total. The topological polar surface area (TPSA) is 212 Å². The summed E-state index contributed by atoms with van der Waals surface area (Å²) >= 11 is 0. The van der Waals surface area contributed by atoms with Gasteiger partial charge in [0.05, 0.1) is 25.4 Å². The second kappa shape index (κ2) is 31.2. The average molecular weight is 784 g/mol. The number of amides is 1. The van der Waals surface area contributed by atoms with Crippen molar-refractivity contribution in [2.24, 2.45) is 0 Å². The molecule has 0 spiro atoms. The van der Waals surface area contributed by atoms with Gasteiger partial charge in [-0.1, -0.05) is 168 Å². The zero-order chi connectivity index (χ0) is 39.3. The minimum Gasteiger partial charge on any atom is -0.394 e. The van der Waals surface area contributed by atoms with Crippen LogP contribution in [-0.4, -0.2) is 107 Å². The Bertz CT molecular complexity index is 990. The first-order valence-electron chi connectivity index (χ1n) is 21.0. The summed E-state index contributed by atoms with van der Waals surface area (Å²) in [5.41, 5.74) is 0. The van der Waals surface area contributed by atoms with Gasteiger partial charge < -0.3 is 40.3 Å². The third-order valence-corrected chi connectivity index (χ3v) is 10.7. The number of aliphatic hydroxyl groups excluding tert-OH is 5. The second-order valence-electron chi connectivity index (χ2n) is 15.1. The molecule has 13 nitrogen and oxygen atoms in total. The van der Waals surface area contributed by atoms with Crippen molar-refractivity contribution < 1.29 is 57.0 Å². The molecular weight excluding hydrogens is 706 g/mol. The lowest BCUT2D eigenvalue weighted by atomic mass is 9.99. The zero-order valence-electron chi connectivity index (χ0n) is 33.0. The van der Waals surface area contributed by atoms with Crippen LogP contribution >= 0.6 is 0 Å². The molecule has 14 heteroatoms. The predicted octanol–water partition coefficient (Wildman–Crippen LogP) is 6.02. The quantitative estimate of drug-likeness (QED) is 0.0291. The molecular formula is C39H77NO12S. The first-order chi connectivity index (χ1) is 25.4. The summed E-state index contributed by atoms with van der Waals surface area (Å²) in [6.07, 6.45) is 18.0. The lowest BCUT2D eigenvalue weighted by Gasteiger charge is -2.41. The Kier molecular flexibility index (Phi) is 29.5. The van der Waals surface area contributed by atoms with Gasteiger partial charge in [-0.05, 0) is 12.8 Å². The van der Waals surface area contributed by atoms with Crippen LogP contribution in [0.3, 0.4) is 0 Å². The Balaban J connectivity index is 2.41. The molecule has 1 rings (SSSR count). The standard InChI is InChI=1S/C39H77NO12S/c1-3-5-7-9-10-11-12-13-14-15-16-17-18-19-20-21-22-24-26-28-33(43)38(46)40-31(32(42)27-25-23-8-6-4-2)30-50-39-36(45)37(52-53(47,48)49)35(44)34(29-41)51-39/h31-37,39,41-45H,3-30H2,1-2H3,(H,40,46)(H,47,48,49). The summed E-state index contributed by atoms with van der Waals surface area (Å²) in [6.45, 7) is 3.15. The third-order valence-electron chi connectivity index (χ3n) is 10.3. The van der Waals surface area contributed by atoms with Gasteiger partial charge in [0.1, 0.15) is 30.5 Å². The fourth-order valence-corrected chi connectivity index (χ4v) is 7.39. The maximum Gasteiger partial charge on any atom is 0.397 e. The van der Waals surface area contributed by atoms with Gasteiger partial charge in [0.25, 0.3) is 0 Å². The van der Waals surface area contributed by atoms with Crippen molar-refractivity contribution >= 4 is 16.3 Å². The molecule has 1 saturated heterocycles. The highest BCUT2D eigenvalue weighted by Gasteiger charge is 2.48. The number of unbranched alkanes of at least 4 members (excludes halogenated alkanes) is 22. The van der Waals surface area contributed by atoms with E-state index < -0.39 is 78.5 Å². The Morgan fingerprint density at radius 3 is 1.51 bits per heavy atom. The van der Waals surface area contributed by atoms with E-state index in [1.54, 1.807) is 0 Å². The van der Waals surface area contributed by atoms with Crippen molar-refractivity contribution in [1.82, 2.24) is 5.32 Å². The van der Waals surface area contributed by atoms with E-state index in [1.807, 2.05) is 0 Å². The minimum atomic E-state index is -5.10. The molecule has 316 valence electrons. The predicted molar refractivity (Wildman–Crippen MR) is 205 cm³/mol. The smallest absolute Gasteiger partial charge is 0.394 e. The number of carbonyl (C=O) groups is 1. The van der Waals surface area contributed by atoms with Gasteiger partial charge in [0, 0.05) is 0 Å². The lowest BCUT2D eigenvalue weighted by Crippen LogP contribution is -2.61. The molecule has 1 aliphatic rings. The first-order valence-corrected chi connectivity index (χ1v) is 22.4. The van der Waals surface area contributed by atoms with Crippen LogP contribution in [0.1, 0.15) is 181 Å². The van der Waals surface area contributed by atoms with E-state index in [1.165, 1.54) is 96.3 Å². The van der Waals surface area contributed by atoms with Crippen molar-refractivity contribution in [2.45, 2.75) is 230 Å². The number of aliphatic hydroxyl groups is 5. The molecule has 0 aromatic rings. The Morgan fingerprint density at radius 1 is 0.679 bits per heavy atom. The van der Waals surface area contributed by atoms with Gasteiger partial charge in [0.15, 0.2) is 6.29 Å². The number of hydrogen-bond acceptors (Lipinski definition) is 11. The normalized spacial score (nSPS) is 22.5. The number of nitrogens with one attached hydrogen (secondary N) is 1. The van der Waals surface area contributed by atoms with Gasteiger partial charge in [0.2, 0.25) is 5.91 Å². The minimum absolute atomic E-state index is 0.264. The van der Waals surface area contributed by atoms with Crippen LogP contribution < -0.4 is 5.32 Å². The summed E-state index contributed by atoms with van der Waals surface area (Å²) in [7, 11) is -5.10. The maximum atomic E-state index is 13.0. The molecule has 0 aromatic carbocycles. The monoisotopic (exact) mass is 784 g/mol. The van der Waals surface area contributed by atoms with Gasteiger partial charge in [-0.25, -0.2) is 4.18 Å². The molecule has 0 radical (unpaired) electrons. The summed E-state index contributed by atoms with van der Waals surface area (Å²) in [4.78, 5) is 13.0. The molecule has 0 aliphatic carbocycles. The highest BCUT2D eigenvalue weighted by atomic mass is 32.3. The summed E-state index contributed by atoms with van der Waals surface area (Å²) in [6, 6.07) is -1.02. The summed E-state index contributed by atoms with van der Waals surface area (Å²) < 4.78 is 47.2. The van der Waals surface area contributed by atoms with E-state index in [4.69, 9.17) is 14.0 Å². The summed E-state index contributed by atoms with van der Waals surface area (Å²) in [5, 5.41) is 54.7. The maximum absolute atomic E-state index is 13.0. The molecule has 1 heterocycles. The van der Waals surface area contributed by atoms with Crippen LogP contribution in [0.2, 0.25) is 0 Å². The molecule has 8 unspecified atom stereocenters. The van der Waals surface area contributed by atoms with Crippen LogP contribution in [-0.2, 0) is 28.9 Å². The zero-order valence-corrected chi connectivity index (χ0v) is 33.8. The lowest BCUT2D eigenvalue weighted by molar-refractivity contribution is -0.298. The highest BCUT2D eigenvalue weighted by Crippen LogP contribution is 2.26. The SMILES string of the molecule is CCCCCCCCCCCCCCCCCCCCCC(O)C(=O)NC(COC1OC(CO)C(O)C(OS(=O)(=O)O)C1O)C(O)CCCCCCC. The van der Waals surface area contributed by atoms with Crippen molar-refractivity contribution in [1.29, 1.82) is 0 Å². The fraction of sp³-hybridized carbons (Fsp3) is 0.974. The molecule has 0 bridgehead atoms. The molecule has 1 amide bonds. The van der Waals surface area contributed by atoms with E-state index in [0.29, 0.717) is 19.3 Å². The third kappa shape index (κ3) is 24.3. The number of carbonyl (C=O) groups excluding carboxylic acids is 1. The van der Waals surface area contributed by atoms with Crippen LogP contribution in [0, 0.1) is 0 Å². The first kappa shape index (κ1) is 50.1. The number of hydrogen-bond donors (Lipinski definition) is 7. The van der Waals surface area contributed by atoms with Crippen molar-refractivity contribution in [3.05, 3.63) is 0 Å². The fourth-order valence-electron chi connectivity index (χ4n) is 6.88. The average Bonchev–Trinajstić information content (AvgIpc) is 3.12. The van der Waals surface area contributed by atoms with E-state index in [0.717, 1.165) is 44.9 Å². The number of rotatable bonds is 35. The van der Waals surface area contributed by atoms with Crippen LogP contribution in [0.25, 0.3) is 0 Å². The molecule has 8 atom stereocenters. The van der Waals surface area contributed by atoms with Gasteiger partial charge >= 0.3 is 10.4 Å². The Hall–Kier alpha value is -0.940. The molecule has 0 aromatic heterocycles. The van der Waals surface area contributed by atoms with Crippen LogP contribution in [0.4, 0.5) is 0 Å². The summed E-state index contributed by atoms with van der Waals surface area (Å²) in [5.74, 6) is -0.674. The van der Waals surface area contributed by atoms with E-state index in [2.05, 4.69) is 23.3 Å². The van der Waals surface area contributed by atoms with E-state index in [-0.39, 0.29) is 6.42 Å². The number of ether oxygens (including phenoxy) is 2. The van der Waals surface area contributed by atoms with Crippen LogP contribution in [0.15, 0.2) is 0 Å². The van der Waals surface area contributed by atoms with Gasteiger partial charge in [-0.2, -0.15) is 8.42 Å². The van der Waals surface area contributed by atoms with Crippen molar-refractivity contribution in [3.8, 4) is 0 Å². The van der Waals surface area contributed by atoms with Crippen molar-refractivity contribution in [3.63, 3.8) is 0 Å². The largest absolute Gasteiger partial charge is 0.397 e. The molecule has 0 saturated carbocycles. The molecule has 53 heavy (non-hydrogen) atoms. The van der Waals surface area contributed by atoms with E-state index in [9.17, 15) is 38.7 Å². The van der Waals surface area contributed by atoms with Gasteiger partial charge in [-0.15, -0.1) is 0 Å². The van der Waals surface area contributed by atoms with E-state index >= 15 is 0 Å². The highest BCUT2D eigenvalue weighted by molar-refractivity contribution is 7.80. The van der Waals surface area contributed by atoms with Crippen LogP contribution in [0.5, 0.6) is 0 Å². The molecule has 1 aliphatic heterocycles. The van der Waals surface area contributed by atoms with Crippen molar-refractivity contribution in [2.75, 3.05) is 13.2 Å². The van der Waals surface area contributed by atoms with Gasteiger partial charge in [-0.3, -0.25) is 9.35 Å². The molecule has 1 fully saturated rings. The Labute approximate surface area is 320 Å². The second-order valence-corrected chi connectivity index (χ2v) is 16.1. The Morgan fingerprint density at radius 2 is 1.09 bits per heavy atom.